The molecule has 0 aromatic carbocycles. The molecule has 0 aliphatic rings. The van der Waals surface area contributed by atoms with Gasteiger partial charge >= 0.3 is 0 Å². The molecule has 1 nitrogen and oxygen atoms in total. The molecule has 0 aromatic rings. The summed E-state index contributed by atoms with van der Waals surface area (Å²) in [6.07, 6.45) is 1.47. The zero-order chi connectivity index (χ0) is 7.98. The fourth-order valence-corrected chi connectivity index (χ4v) is 0.573. The Morgan fingerprint density at radius 1 is 1.70 bits per heavy atom. The molecule has 55 valence electrons. The molecule has 0 bridgehead atoms. The quantitative estimate of drug-likeness (QED) is 0.583. The lowest BCUT2D eigenvalue weighted by Gasteiger charge is -2.10. The SMILES string of the molecule is [CH]=CC(O)C(C)CC#CC. The first kappa shape index (κ1) is 9.26. The van der Waals surface area contributed by atoms with Crippen molar-refractivity contribution in [3.05, 3.63) is 12.7 Å². The van der Waals surface area contributed by atoms with Crippen LogP contribution in [-0.2, 0) is 0 Å². The summed E-state index contributed by atoms with van der Waals surface area (Å²) in [6, 6.07) is 0. The Hall–Kier alpha value is -0.740. The van der Waals surface area contributed by atoms with Crippen LogP contribution in [-0.4, -0.2) is 11.2 Å². The van der Waals surface area contributed by atoms with Crippen LogP contribution >= 0.6 is 0 Å². The van der Waals surface area contributed by atoms with Gasteiger partial charge in [-0.1, -0.05) is 19.6 Å². The highest BCUT2D eigenvalue weighted by molar-refractivity contribution is 4.98. The normalized spacial score (nSPS) is 14.7. The second-order valence-corrected chi connectivity index (χ2v) is 2.29. The molecule has 1 N–H and O–H groups in total. The number of hydrogen-bond donors (Lipinski definition) is 1. The van der Waals surface area contributed by atoms with Gasteiger partial charge in [-0.2, -0.15) is 0 Å². The van der Waals surface area contributed by atoms with E-state index in [0.717, 1.165) is 0 Å². The smallest absolute Gasteiger partial charge is 0.0758 e. The van der Waals surface area contributed by atoms with Crippen molar-refractivity contribution in [2.24, 2.45) is 5.92 Å². The second kappa shape index (κ2) is 5.08. The summed E-state index contributed by atoms with van der Waals surface area (Å²) in [6.45, 7) is 8.82. The first-order valence-corrected chi connectivity index (χ1v) is 3.35. The number of hydrogen-bond acceptors (Lipinski definition) is 1. The van der Waals surface area contributed by atoms with Crippen molar-refractivity contribution in [2.45, 2.75) is 26.4 Å². The predicted molar refractivity (Wildman–Crippen MR) is 42.1 cm³/mol. The van der Waals surface area contributed by atoms with E-state index >= 15 is 0 Å². The van der Waals surface area contributed by atoms with Crippen LogP contribution in [0.2, 0.25) is 0 Å². The van der Waals surface area contributed by atoms with E-state index in [1.54, 1.807) is 6.92 Å². The fourth-order valence-electron chi connectivity index (χ4n) is 0.573. The Bertz CT molecular complexity index is 150. The van der Waals surface area contributed by atoms with Gasteiger partial charge < -0.3 is 5.11 Å². The summed E-state index contributed by atoms with van der Waals surface area (Å²) in [4.78, 5) is 0. The molecule has 1 radical (unpaired) electrons. The number of rotatable bonds is 3. The van der Waals surface area contributed by atoms with E-state index < -0.39 is 6.10 Å². The van der Waals surface area contributed by atoms with Gasteiger partial charge in [0.15, 0.2) is 0 Å². The highest BCUT2D eigenvalue weighted by Crippen LogP contribution is 2.06. The maximum absolute atomic E-state index is 9.10. The summed E-state index contributed by atoms with van der Waals surface area (Å²) in [5.74, 6) is 5.78. The minimum Gasteiger partial charge on any atom is -0.389 e. The maximum atomic E-state index is 9.10. The molecule has 0 heterocycles. The fraction of sp³-hybridized carbons (Fsp3) is 0.556. The van der Waals surface area contributed by atoms with Crippen LogP contribution < -0.4 is 0 Å². The molecule has 1 heteroatoms. The standard InChI is InChI=1S/C9H13O/c1-4-6-7-8(3)9(10)5-2/h2,5,8-10H,7H2,1,3H3. The first-order chi connectivity index (χ1) is 4.72. The summed E-state index contributed by atoms with van der Waals surface area (Å²) >= 11 is 0. The summed E-state index contributed by atoms with van der Waals surface area (Å²) in [5, 5.41) is 9.10. The topological polar surface area (TPSA) is 20.2 Å². The lowest BCUT2D eigenvalue weighted by atomic mass is 10.0. The van der Waals surface area contributed by atoms with E-state index in [-0.39, 0.29) is 5.92 Å². The molecule has 0 amide bonds. The Labute approximate surface area is 62.8 Å². The van der Waals surface area contributed by atoms with E-state index in [2.05, 4.69) is 11.8 Å². The van der Waals surface area contributed by atoms with Crippen LogP contribution in [0.1, 0.15) is 20.3 Å². The molecule has 0 aliphatic carbocycles. The van der Waals surface area contributed by atoms with Crippen LogP contribution in [0.25, 0.3) is 0 Å². The van der Waals surface area contributed by atoms with Crippen molar-refractivity contribution >= 4 is 0 Å². The third kappa shape index (κ3) is 3.32. The Kier molecular flexibility index (Phi) is 4.70. The summed E-state index contributed by atoms with van der Waals surface area (Å²) in [7, 11) is 0. The van der Waals surface area contributed by atoms with Crippen LogP contribution in [0.15, 0.2) is 6.08 Å². The zero-order valence-corrected chi connectivity index (χ0v) is 6.46. The molecule has 10 heavy (non-hydrogen) atoms. The van der Waals surface area contributed by atoms with Crippen LogP contribution in [0.4, 0.5) is 0 Å². The largest absolute Gasteiger partial charge is 0.389 e. The molecule has 2 atom stereocenters. The van der Waals surface area contributed by atoms with Crippen LogP contribution in [0.3, 0.4) is 0 Å². The van der Waals surface area contributed by atoms with Gasteiger partial charge in [0, 0.05) is 6.42 Å². The maximum Gasteiger partial charge on any atom is 0.0758 e. The summed E-state index contributed by atoms with van der Waals surface area (Å²) in [5.41, 5.74) is 0. The third-order valence-corrected chi connectivity index (χ3v) is 1.38. The molecule has 0 rings (SSSR count). The lowest BCUT2D eigenvalue weighted by molar-refractivity contribution is 0.165. The monoisotopic (exact) mass is 137 g/mol. The van der Waals surface area contributed by atoms with Crippen LogP contribution in [0.5, 0.6) is 0 Å². The molecule has 2 unspecified atom stereocenters. The average molecular weight is 137 g/mol. The van der Waals surface area contributed by atoms with Crippen molar-refractivity contribution < 1.29 is 5.11 Å². The molecular formula is C9H13O. The highest BCUT2D eigenvalue weighted by atomic mass is 16.3. The van der Waals surface area contributed by atoms with Gasteiger partial charge in [0.2, 0.25) is 0 Å². The van der Waals surface area contributed by atoms with E-state index in [9.17, 15) is 0 Å². The van der Waals surface area contributed by atoms with Crippen LogP contribution in [0, 0.1) is 24.3 Å². The Balaban J connectivity index is 3.67. The molecule has 0 aliphatic heterocycles. The van der Waals surface area contributed by atoms with Gasteiger partial charge in [-0.3, -0.25) is 0 Å². The third-order valence-electron chi connectivity index (χ3n) is 1.38. The highest BCUT2D eigenvalue weighted by Gasteiger charge is 2.07. The van der Waals surface area contributed by atoms with Gasteiger partial charge in [0.25, 0.3) is 0 Å². The van der Waals surface area contributed by atoms with Gasteiger partial charge in [-0.25, -0.2) is 0 Å². The number of aliphatic hydroxyl groups excluding tert-OH is 1. The van der Waals surface area contributed by atoms with E-state index in [0.29, 0.717) is 6.42 Å². The van der Waals surface area contributed by atoms with E-state index in [1.165, 1.54) is 6.08 Å². The first-order valence-electron chi connectivity index (χ1n) is 3.35. The molecule has 0 saturated carbocycles. The van der Waals surface area contributed by atoms with Gasteiger partial charge in [0.1, 0.15) is 0 Å². The van der Waals surface area contributed by atoms with Crippen molar-refractivity contribution in [2.75, 3.05) is 0 Å². The predicted octanol–water partition coefficient (Wildman–Crippen LogP) is 1.39. The van der Waals surface area contributed by atoms with E-state index in [4.69, 9.17) is 11.7 Å². The van der Waals surface area contributed by atoms with Crippen molar-refractivity contribution in [3.63, 3.8) is 0 Å². The molecule has 0 spiro atoms. The molecule has 0 aromatic heterocycles. The lowest BCUT2D eigenvalue weighted by Crippen LogP contribution is -2.13. The minimum atomic E-state index is -0.527. The van der Waals surface area contributed by atoms with Gasteiger partial charge in [-0.05, 0) is 12.8 Å². The minimum absolute atomic E-state index is 0.137. The zero-order valence-electron chi connectivity index (χ0n) is 6.46. The number of aliphatic hydroxyl groups is 1. The Morgan fingerprint density at radius 2 is 2.30 bits per heavy atom. The van der Waals surface area contributed by atoms with E-state index in [1.807, 2.05) is 6.92 Å². The van der Waals surface area contributed by atoms with Crippen molar-refractivity contribution in [1.82, 2.24) is 0 Å². The molecule has 0 saturated heterocycles. The molecule has 0 fully saturated rings. The average Bonchev–Trinajstić information content (AvgIpc) is 1.98. The Morgan fingerprint density at radius 3 is 2.70 bits per heavy atom. The van der Waals surface area contributed by atoms with Crippen molar-refractivity contribution in [1.29, 1.82) is 0 Å². The van der Waals surface area contributed by atoms with Crippen molar-refractivity contribution in [3.8, 4) is 11.8 Å². The summed E-state index contributed by atoms with van der Waals surface area (Å²) < 4.78 is 0. The molecular weight excluding hydrogens is 124 g/mol. The van der Waals surface area contributed by atoms with Gasteiger partial charge in [0.05, 0.1) is 6.10 Å². The van der Waals surface area contributed by atoms with Gasteiger partial charge in [-0.15, -0.1) is 11.8 Å². The second-order valence-electron chi connectivity index (χ2n) is 2.29.